The lowest BCUT2D eigenvalue weighted by molar-refractivity contribution is -0.0316. The minimum absolute atomic E-state index is 0.289. The first kappa shape index (κ1) is 64.2. The van der Waals surface area contributed by atoms with Crippen LogP contribution < -0.4 is 0 Å². The highest BCUT2D eigenvalue weighted by Crippen LogP contribution is 2.08. The van der Waals surface area contributed by atoms with E-state index in [0.717, 1.165) is 13.2 Å². The molecule has 2 aliphatic rings. The molecule has 0 aromatic carbocycles. The van der Waals surface area contributed by atoms with E-state index in [2.05, 4.69) is 0 Å². The largest absolute Gasteiger partial charge is 0.377 e. The molecule has 2 saturated heterocycles. The second kappa shape index (κ2) is 56.4. The van der Waals surface area contributed by atoms with Crippen LogP contribution in [0.5, 0.6) is 0 Å². The highest BCUT2D eigenvalue weighted by molar-refractivity contribution is 4.67. The summed E-state index contributed by atoms with van der Waals surface area (Å²) in [4.78, 5) is 0. The summed E-state index contributed by atoms with van der Waals surface area (Å²) in [5.41, 5.74) is 0. The van der Waals surface area contributed by atoms with E-state index < -0.39 is 0 Å². The van der Waals surface area contributed by atoms with Gasteiger partial charge in [-0.25, -0.2) is 0 Å². The van der Waals surface area contributed by atoms with Crippen molar-refractivity contribution in [3.8, 4) is 0 Å². The van der Waals surface area contributed by atoms with Crippen LogP contribution in [0, 0.1) is 0 Å². The Labute approximate surface area is 411 Å². The van der Waals surface area contributed by atoms with Crippen LogP contribution in [0.2, 0.25) is 0 Å². The molecule has 2 unspecified atom stereocenters. The third kappa shape index (κ3) is 56.2. The Morgan fingerprint density at radius 2 is 0.246 bits per heavy atom. The van der Waals surface area contributed by atoms with Crippen LogP contribution in [0.3, 0.4) is 0 Å². The lowest BCUT2D eigenvalue weighted by atomic mass is 10.5. The summed E-state index contributed by atoms with van der Waals surface area (Å²) < 4.78 is 125. The Hall–Kier alpha value is -0.920. The summed E-state index contributed by atoms with van der Waals surface area (Å²) in [7, 11) is 0. The van der Waals surface area contributed by atoms with Crippen LogP contribution in [0.25, 0.3) is 0 Å². The fourth-order valence-corrected chi connectivity index (χ4v) is 5.05. The monoisotopic (exact) mass is 1010 g/mol. The summed E-state index contributed by atoms with van der Waals surface area (Å²) in [5, 5.41) is 0. The van der Waals surface area contributed by atoms with Crippen LogP contribution in [-0.2, 0) is 109 Å². The topological polar surface area (TPSA) is 219 Å². The van der Waals surface area contributed by atoms with Crippen LogP contribution in [0.4, 0.5) is 0 Å². The molecule has 23 heteroatoms. The number of epoxide rings is 2. The number of hydrogen-bond donors (Lipinski definition) is 0. The molecule has 412 valence electrons. The van der Waals surface area contributed by atoms with Crippen molar-refractivity contribution in [1.82, 2.24) is 0 Å². The lowest BCUT2D eigenvalue weighted by Crippen LogP contribution is -2.16. The summed E-state index contributed by atoms with van der Waals surface area (Å²) in [6, 6.07) is 0. The molecule has 0 aliphatic carbocycles. The molecule has 0 saturated carbocycles. The molecule has 2 heterocycles. The van der Waals surface area contributed by atoms with Gasteiger partial charge in [-0.15, -0.1) is 0 Å². The van der Waals surface area contributed by atoms with Crippen molar-refractivity contribution in [2.24, 2.45) is 0 Å². The van der Waals surface area contributed by atoms with E-state index in [1.165, 1.54) is 0 Å². The van der Waals surface area contributed by atoms with Crippen molar-refractivity contribution in [3.05, 3.63) is 0 Å². The predicted octanol–water partition coefficient (Wildman–Crippen LogP) is 0.133. The fourth-order valence-electron chi connectivity index (χ4n) is 5.05. The normalized spacial score (nSPS) is 15.5. The van der Waals surface area contributed by atoms with E-state index in [9.17, 15) is 0 Å². The Balaban J connectivity index is 1.08. The molecule has 2 fully saturated rings. The zero-order chi connectivity index (χ0) is 48.5. The summed E-state index contributed by atoms with van der Waals surface area (Å²) in [6.45, 7) is 23.3. The van der Waals surface area contributed by atoms with E-state index >= 15 is 0 Å². The van der Waals surface area contributed by atoms with Crippen molar-refractivity contribution in [3.63, 3.8) is 0 Å². The van der Waals surface area contributed by atoms with E-state index in [4.69, 9.17) is 109 Å². The Kier molecular flexibility index (Phi) is 52.5. The highest BCUT2D eigenvalue weighted by Gasteiger charge is 2.22. The second-order valence-electron chi connectivity index (χ2n) is 14.7. The Morgan fingerprint density at radius 3 is 0.333 bits per heavy atom. The van der Waals surface area contributed by atoms with Gasteiger partial charge in [0, 0.05) is 0 Å². The van der Waals surface area contributed by atoms with Gasteiger partial charge in [-0.2, -0.15) is 0 Å². The molecule has 69 heavy (non-hydrogen) atoms. The van der Waals surface area contributed by atoms with Gasteiger partial charge in [0.25, 0.3) is 0 Å². The quantitative estimate of drug-likeness (QED) is 0.0584. The molecule has 2 atom stereocenters. The zero-order valence-electron chi connectivity index (χ0n) is 41.7. The average Bonchev–Trinajstić information content (AvgIpc) is 4.32. The number of hydrogen-bond acceptors (Lipinski definition) is 23. The smallest absolute Gasteiger partial charge is 0.104 e. The molecule has 0 aromatic heterocycles. The summed E-state index contributed by atoms with van der Waals surface area (Å²) >= 11 is 0. The molecular formula is C46H90O23. The molecule has 0 spiro atoms. The fraction of sp³-hybridized carbons (Fsp3) is 1.00. The standard InChI is InChI=1S/C46H90O23/c1(3-48-5-7-50-9-11-52-13-15-54-17-19-56-21-23-58-25-27-60-29-31-62-33-35-64-37-39-66-41-45-43-68-45)47-2-4-49-6-8-51-10-12-53-14-16-55-18-20-57-22-24-59-26-28-61-30-32-63-34-36-65-38-40-67-42-46-44-69-46/h45-46H,1-44H2. The molecule has 2 aliphatic heterocycles. The molecule has 0 radical (unpaired) electrons. The third-order valence-electron chi connectivity index (χ3n) is 8.85. The highest BCUT2D eigenvalue weighted by atomic mass is 16.6. The molecular weight excluding hydrogens is 920 g/mol. The maximum atomic E-state index is 5.52. The SMILES string of the molecule is C(COCCOCCOCCOCCOCCOCCOCCOCCOCCOCC1CO1)OCCOCCOCCOCCOCCOCCOCCOCCOCCOCCOCC1CO1. The van der Waals surface area contributed by atoms with Gasteiger partial charge in [-0.3, -0.25) is 0 Å². The van der Waals surface area contributed by atoms with Crippen LogP contribution >= 0.6 is 0 Å². The maximum absolute atomic E-state index is 5.52. The van der Waals surface area contributed by atoms with Crippen molar-refractivity contribution < 1.29 is 109 Å². The number of ether oxygens (including phenoxy) is 23. The molecule has 2 rings (SSSR count). The minimum atomic E-state index is 0.289. The van der Waals surface area contributed by atoms with Gasteiger partial charge in [0.15, 0.2) is 0 Å². The van der Waals surface area contributed by atoms with Crippen molar-refractivity contribution in [2.75, 3.05) is 291 Å². The van der Waals surface area contributed by atoms with Gasteiger partial charge in [-0.05, 0) is 0 Å². The number of rotatable bonds is 64. The molecule has 0 N–H and O–H groups in total. The van der Waals surface area contributed by atoms with Gasteiger partial charge in [0.05, 0.1) is 291 Å². The van der Waals surface area contributed by atoms with E-state index in [-0.39, 0.29) is 12.2 Å². The van der Waals surface area contributed by atoms with E-state index in [1.54, 1.807) is 0 Å². The first-order chi connectivity index (χ1) is 34.4. The molecule has 23 nitrogen and oxygen atoms in total. The molecule has 0 bridgehead atoms. The van der Waals surface area contributed by atoms with Gasteiger partial charge in [0.2, 0.25) is 0 Å². The van der Waals surface area contributed by atoms with Crippen LogP contribution in [0.1, 0.15) is 0 Å². The first-order valence-corrected chi connectivity index (χ1v) is 24.8. The van der Waals surface area contributed by atoms with Crippen molar-refractivity contribution in [2.45, 2.75) is 12.2 Å². The van der Waals surface area contributed by atoms with Gasteiger partial charge < -0.3 is 109 Å². The van der Waals surface area contributed by atoms with Crippen LogP contribution in [0.15, 0.2) is 0 Å². The lowest BCUT2D eigenvalue weighted by Gasteiger charge is -2.09. The predicted molar refractivity (Wildman–Crippen MR) is 247 cm³/mol. The van der Waals surface area contributed by atoms with Gasteiger partial charge in [-0.1, -0.05) is 0 Å². The Bertz CT molecular complexity index is 887. The summed E-state index contributed by atoms with van der Waals surface area (Å²) in [5.74, 6) is 0. The van der Waals surface area contributed by atoms with Gasteiger partial charge >= 0.3 is 0 Å². The van der Waals surface area contributed by atoms with E-state index in [0.29, 0.717) is 277 Å². The summed E-state index contributed by atoms with van der Waals surface area (Å²) in [6.07, 6.45) is 0.579. The zero-order valence-corrected chi connectivity index (χ0v) is 41.7. The molecule has 0 amide bonds. The van der Waals surface area contributed by atoms with E-state index in [1.807, 2.05) is 0 Å². The molecule has 0 aromatic rings. The van der Waals surface area contributed by atoms with Crippen LogP contribution in [-0.4, -0.2) is 303 Å². The van der Waals surface area contributed by atoms with Crippen molar-refractivity contribution >= 4 is 0 Å². The minimum Gasteiger partial charge on any atom is -0.377 e. The Morgan fingerprint density at radius 1 is 0.159 bits per heavy atom. The second-order valence-corrected chi connectivity index (χ2v) is 14.7. The third-order valence-corrected chi connectivity index (χ3v) is 8.85. The average molecular weight is 1010 g/mol. The maximum Gasteiger partial charge on any atom is 0.104 e. The first-order valence-electron chi connectivity index (χ1n) is 24.8. The van der Waals surface area contributed by atoms with Crippen molar-refractivity contribution in [1.29, 1.82) is 0 Å². The van der Waals surface area contributed by atoms with Gasteiger partial charge in [0.1, 0.15) is 12.2 Å².